The van der Waals surface area contributed by atoms with Crippen molar-refractivity contribution in [2.45, 2.75) is 110 Å². The maximum atomic E-state index is 12.8. The first-order chi connectivity index (χ1) is 24.3. The van der Waals surface area contributed by atoms with E-state index < -0.39 is 0 Å². The van der Waals surface area contributed by atoms with Crippen LogP contribution in [0.4, 0.5) is 5.88 Å². The van der Waals surface area contributed by atoms with Crippen LogP contribution in [0.15, 0.2) is 29.2 Å². The summed E-state index contributed by atoms with van der Waals surface area (Å²) in [5.41, 5.74) is 0.418. The number of piperazine rings is 1. The zero-order valence-electron chi connectivity index (χ0n) is 30.9. The van der Waals surface area contributed by atoms with Gasteiger partial charge in [-0.2, -0.15) is 0 Å². The highest BCUT2D eigenvalue weighted by molar-refractivity contribution is 5.98. The average Bonchev–Trinajstić information content (AvgIpc) is 3.72. The Hall–Kier alpha value is -3.18. The molecular weight excluding hydrogens is 648 g/mol. The Bertz CT molecular complexity index is 1460. The molecule has 0 aromatic carbocycles. The number of carbonyl (C=O) groups is 4. The van der Waals surface area contributed by atoms with Crippen molar-refractivity contribution in [1.29, 1.82) is 0 Å². The predicted octanol–water partition coefficient (Wildman–Crippen LogP) is 4.21. The van der Waals surface area contributed by atoms with Crippen molar-refractivity contribution in [3.8, 4) is 0 Å². The zero-order valence-corrected chi connectivity index (χ0v) is 30.9. The normalized spacial score (nSPS) is 35.3. The number of anilines is 1. The fourth-order valence-corrected chi connectivity index (χ4v) is 11.4. The molecule has 4 aliphatic carbocycles. The van der Waals surface area contributed by atoms with Crippen LogP contribution in [0.3, 0.4) is 0 Å². The van der Waals surface area contributed by atoms with E-state index in [-0.39, 0.29) is 59.6 Å². The van der Waals surface area contributed by atoms with Crippen LogP contribution in [0.25, 0.3) is 0 Å². The number of hydrogen-bond acceptors (Lipinski definition) is 7. The lowest BCUT2D eigenvalue weighted by molar-refractivity contribution is -0.174. The van der Waals surface area contributed by atoms with Gasteiger partial charge in [0.2, 0.25) is 29.5 Å². The van der Waals surface area contributed by atoms with E-state index in [2.05, 4.69) is 38.0 Å². The Morgan fingerprint density at radius 3 is 2.41 bits per heavy atom. The SMILES string of the molecule is C=CC(=O)N1CCN(c2ccc(CCC(=O)NCCNC(=O)CC[C@@H](C)[C@H]3CC[C@H]4[C@@H]5[C@H](O)CC6C[C@H](O)CC[C@]6(C)[C@H]5CC[C@]34C)o2)C(=O)C1. The summed E-state index contributed by atoms with van der Waals surface area (Å²) in [6.45, 7) is 12.1. The predicted molar refractivity (Wildman–Crippen MR) is 193 cm³/mol. The van der Waals surface area contributed by atoms with E-state index in [1.54, 1.807) is 12.1 Å². The van der Waals surface area contributed by atoms with Gasteiger partial charge >= 0.3 is 0 Å². The number of amides is 4. The van der Waals surface area contributed by atoms with Crippen LogP contribution in [-0.4, -0.2) is 83.7 Å². The second-order valence-electron chi connectivity index (χ2n) is 16.9. The summed E-state index contributed by atoms with van der Waals surface area (Å²) in [6.07, 6.45) is 10.9. The smallest absolute Gasteiger partial charge is 0.248 e. The Kier molecular flexibility index (Phi) is 11.4. The van der Waals surface area contributed by atoms with Crippen molar-refractivity contribution in [1.82, 2.24) is 15.5 Å². The molecule has 0 spiro atoms. The molecule has 4 N–H and O–H groups in total. The van der Waals surface area contributed by atoms with Crippen LogP contribution in [0.2, 0.25) is 0 Å². The highest BCUT2D eigenvalue weighted by Gasteiger charge is 2.62. The first-order valence-electron chi connectivity index (χ1n) is 19.5. The number of aliphatic hydroxyl groups excluding tert-OH is 2. The quantitative estimate of drug-likeness (QED) is 0.188. The Morgan fingerprint density at radius 2 is 1.69 bits per heavy atom. The highest BCUT2D eigenvalue weighted by atomic mass is 16.4. The van der Waals surface area contributed by atoms with Gasteiger partial charge < -0.3 is 30.2 Å². The van der Waals surface area contributed by atoms with Crippen molar-refractivity contribution >= 4 is 29.5 Å². The van der Waals surface area contributed by atoms with E-state index in [0.717, 1.165) is 51.4 Å². The maximum absolute atomic E-state index is 12.8. The topological polar surface area (TPSA) is 152 Å². The molecule has 10 atom stereocenters. The van der Waals surface area contributed by atoms with Crippen molar-refractivity contribution < 1.29 is 33.8 Å². The Morgan fingerprint density at radius 1 is 0.980 bits per heavy atom. The van der Waals surface area contributed by atoms with E-state index >= 15 is 0 Å². The van der Waals surface area contributed by atoms with Crippen LogP contribution < -0.4 is 15.5 Å². The van der Waals surface area contributed by atoms with Gasteiger partial charge in [-0.1, -0.05) is 27.4 Å². The molecule has 5 fully saturated rings. The molecule has 5 aliphatic rings. The second kappa shape index (κ2) is 15.4. The maximum Gasteiger partial charge on any atom is 0.248 e. The number of rotatable bonds is 12. The van der Waals surface area contributed by atoms with E-state index in [0.29, 0.717) is 86.2 Å². The van der Waals surface area contributed by atoms with E-state index in [1.807, 2.05) is 0 Å². The van der Waals surface area contributed by atoms with Gasteiger partial charge in [0.25, 0.3) is 0 Å². The van der Waals surface area contributed by atoms with Crippen molar-refractivity contribution in [3.63, 3.8) is 0 Å². The third-order valence-corrected chi connectivity index (χ3v) is 14.2. The summed E-state index contributed by atoms with van der Waals surface area (Å²) in [5, 5.41) is 27.7. The largest absolute Gasteiger partial charge is 0.445 e. The number of hydrogen-bond donors (Lipinski definition) is 4. The molecule has 1 aromatic heterocycles. The molecule has 2 heterocycles. The molecule has 282 valence electrons. The molecule has 1 aromatic rings. The van der Waals surface area contributed by atoms with E-state index in [1.165, 1.54) is 22.3 Å². The second-order valence-corrected chi connectivity index (χ2v) is 16.9. The molecule has 51 heavy (non-hydrogen) atoms. The van der Waals surface area contributed by atoms with Crippen LogP contribution in [0.1, 0.15) is 97.2 Å². The molecule has 11 nitrogen and oxygen atoms in total. The summed E-state index contributed by atoms with van der Waals surface area (Å²) in [6, 6.07) is 3.47. The van der Waals surface area contributed by atoms with Gasteiger partial charge in [-0.3, -0.25) is 24.1 Å². The van der Waals surface area contributed by atoms with Gasteiger partial charge in [-0.05, 0) is 116 Å². The monoisotopic (exact) mass is 708 g/mol. The van der Waals surface area contributed by atoms with Crippen molar-refractivity contribution in [2.75, 3.05) is 37.6 Å². The molecular formula is C40H60N4O7. The fraction of sp³-hybridized carbons (Fsp3) is 0.750. The van der Waals surface area contributed by atoms with Gasteiger partial charge in [0.1, 0.15) is 12.3 Å². The molecule has 1 saturated heterocycles. The minimum absolute atomic E-state index is 0.00742. The lowest BCUT2D eigenvalue weighted by Crippen LogP contribution is -2.58. The van der Waals surface area contributed by atoms with Gasteiger partial charge in [0, 0.05) is 51.5 Å². The Balaban J connectivity index is 0.885. The number of nitrogens with zero attached hydrogens (tertiary/aromatic N) is 2. The first kappa shape index (κ1) is 37.6. The lowest BCUT2D eigenvalue weighted by atomic mass is 9.43. The van der Waals surface area contributed by atoms with E-state index in [4.69, 9.17) is 4.42 Å². The molecule has 1 unspecified atom stereocenters. The molecule has 1 aliphatic heterocycles. The number of carbonyl (C=O) groups excluding carboxylic acids is 4. The molecule has 4 amide bonds. The van der Waals surface area contributed by atoms with Crippen molar-refractivity contribution in [3.05, 3.63) is 30.5 Å². The number of aryl methyl sites for hydroxylation is 1. The summed E-state index contributed by atoms with van der Waals surface area (Å²) in [7, 11) is 0. The third-order valence-electron chi connectivity index (χ3n) is 14.2. The van der Waals surface area contributed by atoms with E-state index in [9.17, 15) is 29.4 Å². The molecule has 0 radical (unpaired) electrons. The number of furan rings is 1. The van der Waals surface area contributed by atoms with Crippen LogP contribution in [0, 0.1) is 46.3 Å². The fourth-order valence-electron chi connectivity index (χ4n) is 11.4. The summed E-state index contributed by atoms with van der Waals surface area (Å²) >= 11 is 0. The zero-order chi connectivity index (χ0) is 36.5. The lowest BCUT2D eigenvalue weighted by Gasteiger charge is -2.62. The van der Waals surface area contributed by atoms with Crippen LogP contribution >= 0.6 is 0 Å². The average molecular weight is 709 g/mol. The molecule has 6 rings (SSSR count). The van der Waals surface area contributed by atoms with Crippen LogP contribution in [-0.2, 0) is 25.6 Å². The first-order valence-corrected chi connectivity index (χ1v) is 19.5. The minimum Gasteiger partial charge on any atom is -0.445 e. The Labute approximate surface area is 302 Å². The number of aliphatic hydroxyl groups is 2. The molecule has 0 bridgehead atoms. The number of fused-ring (bicyclic) bond motifs is 5. The van der Waals surface area contributed by atoms with Gasteiger partial charge in [0.15, 0.2) is 0 Å². The standard InChI is InChI=1S/C40H60N4O7/c1-5-35(49)43-20-21-44(36(50)24-43)37-13-8-28(51-37)7-12-34(48)42-19-18-41-33(47)11-6-25(2)29-9-10-30-38-31(15-17-40(29,30)4)39(3)16-14-27(45)22-26(39)23-32(38)46/h5,8,13,25-27,29-32,38,45-46H,1,6-7,9-12,14-24H2,2-4H3,(H,41,47)(H,42,48)/t25-,26?,27-,29-,30+,31+,32-,38+,39+,40-/m1/s1. The highest BCUT2D eigenvalue weighted by Crippen LogP contribution is 2.68. The third kappa shape index (κ3) is 7.66. The summed E-state index contributed by atoms with van der Waals surface area (Å²) < 4.78 is 5.82. The molecule has 11 heteroatoms. The molecule has 4 saturated carbocycles. The van der Waals surface area contributed by atoms with Crippen LogP contribution in [0.5, 0.6) is 0 Å². The minimum atomic E-state index is -0.276. The number of nitrogens with one attached hydrogen (secondary N) is 2. The van der Waals surface area contributed by atoms with Gasteiger partial charge in [-0.15, -0.1) is 0 Å². The van der Waals surface area contributed by atoms with Gasteiger partial charge in [-0.25, -0.2) is 0 Å². The summed E-state index contributed by atoms with van der Waals surface area (Å²) in [4.78, 5) is 52.5. The van der Waals surface area contributed by atoms with Gasteiger partial charge in [0.05, 0.1) is 12.2 Å². The van der Waals surface area contributed by atoms with Crippen molar-refractivity contribution in [2.24, 2.45) is 46.3 Å². The summed E-state index contributed by atoms with van der Waals surface area (Å²) in [5.74, 6) is 3.16.